The molecule has 5 nitrogen and oxygen atoms in total. The summed E-state index contributed by atoms with van der Waals surface area (Å²) in [6.07, 6.45) is 4.05. The highest BCUT2D eigenvalue weighted by Crippen LogP contribution is 2.33. The van der Waals surface area contributed by atoms with Crippen LogP contribution in [0.15, 0.2) is 18.5 Å². The van der Waals surface area contributed by atoms with Gasteiger partial charge in [-0.2, -0.15) is 0 Å². The standard InChI is InChI=1S/C13H12N2O3/c1-7(16)10-2-3-11-12(17)8-4-5-14-6-9(8)13(18)15(10)11/h4-6,10-11H,2-3H2,1H3. The fraction of sp³-hybridized carbons (Fsp3) is 0.385. The highest BCUT2D eigenvalue weighted by molar-refractivity contribution is 6.16. The van der Waals surface area contributed by atoms with Crippen molar-refractivity contribution in [3.8, 4) is 0 Å². The van der Waals surface area contributed by atoms with Crippen LogP contribution in [-0.4, -0.2) is 39.4 Å². The van der Waals surface area contributed by atoms with Gasteiger partial charge in [0.1, 0.15) is 0 Å². The molecule has 1 amide bonds. The summed E-state index contributed by atoms with van der Waals surface area (Å²) in [5, 5.41) is 0. The summed E-state index contributed by atoms with van der Waals surface area (Å²) in [6, 6.07) is 0.648. The SMILES string of the molecule is CC(=O)C1CCC2C(=O)c3ccncc3C(=O)N12. The number of hydrogen-bond acceptors (Lipinski definition) is 4. The Kier molecular flexibility index (Phi) is 2.29. The predicted molar refractivity (Wildman–Crippen MR) is 62.2 cm³/mol. The minimum atomic E-state index is -0.471. The molecule has 0 aliphatic carbocycles. The maximum Gasteiger partial charge on any atom is 0.257 e. The number of rotatable bonds is 1. The summed E-state index contributed by atoms with van der Waals surface area (Å²) in [5.74, 6) is -0.387. The van der Waals surface area contributed by atoms with E-state index in [1.165, 1.54) is 24.2 Å². The highest BCUT2D eigenvalue weighted by atomic mass is 16.2. The summed E-state index contributed by atoms with van der Waals surface area (Å²) in [4.78, 5) is 41.5. The lowest BCUT2D eigenvalue weighted by Gasteiger charge is -2.32. The Balaban J connectivity index is 2.12. The molecule has 0 radical (unpaired) electrons. The van der Waals surface area contributed by atoms with Crippen LogP contribution < -0.4 is 0 Å². The molecule has 0 spiro atoms. The molecule has 0 aromatic carbocycles. The molecule has 0 saturated carbocycles. The predicted octanol–water partition coefficient (Wildman–Crippen LogP) is 0.840. The van der Waals surface area contributed by atoms with Crippen LogP contribution >= 0.6 is 0 Å². The first-order chi connectivity index (χ1) is 8.61. The monoisotopic (exact) mass is 244 g/mol. The van der Waals surface area contributed by atoms with Gasteiger partial charge in [-0.25, -0.2) is 0 Å². The lowest BCUT2D eigenvalue weighted by molar-refractivity contribution is -0.120. The first-order valence-electron chi connectivity index (χ1n) is 5.92. The maximum absolute atomic E-state index is 12.3. The first kappa shape index (κ1) is 11.1. The topological polar surface area (TPSA) is 67.3 Å². The average Bonchev–Trinajstić information content (AvgIpc) is 2.81. The van der Waals surface area contributed by atoms with Crippen molar-refractivity contribution >= 4 is 17.5 Å². The smallest absolute Gasteiger partial charge is 0.257 e. The van der Waals surface area contributed by atoms with E-state index in [0.29, 0.717) is 24.0 Å². The molecule has 2 atom stereocenters. The Bertz CT molecular complexity index is 567. The van der Waals surface area contributed by atoms with E-state index in [1.807, 2.05) is 0 Å². The Hall–Kier alpha value is -2.04. The van der Waals surface area contributed by atoms with Crippen LogP contribution in [0.3, 0.4) is 0 Å². The van der Waals surface area contributed by atoms with Gasteiger partial charge in [-0.1, -0.05) is 0 Å². The molecular weight excluding hydrogens is 232 g/mol. The van der Waals surface area contributed by atoms with Gasteiger partial charge in [-0.15, -0.1) is 0 Å². The van der Waals surface area contributed by atoms with Gasteiger partial charge in [0, 0.05) is 18.0 Å². The Morgan fingerprint density at radius 2 is 2.11 bits per heavy atom. The molecule has 18 heavy (non-hydrogen) atoms. The van der Waals surface area contributed by atoms with Crippen LogP contribution in [0.1, 0.15) is 40.5 Å². The molecule has 2 aliphatic heterocycles. The summed E-state index contributed by atoms with van der Waals surface area (Å²) in [6.45, 7) is 1.46. The zero-order valence-corrected chi connectivity index (χ0v) is 9.92. The van der Waals surface area contributed by atoms with Crippen molar-refractivity contribution in [3.63, 3.8) is 0 Å². The molecule has 2 aliphatic rings. The lowest BCUT2D eigenvalue weighted by atomic mass is 9.94. The van der Waals surface area contributed by atoms with Gasteiger partial charge < -0.3 is 4.90 Å². The van der Waals surface area contributed by atoms with Crippen molar-refractivity contribution in [2.45, 2.75) is 31.8 Å². The Morgan fingerprint density at radius 1 is 1.33 bits per heavy atom. The van der Waals surface area contributed by atoms with E-state index in [2.05, 4.69) is 4.98 Å². The molecule has 1 aromatic heterocycles. The zero-order valence-electron chi connectivity index (χ0n) is 9.92. The Morgan fingerprint density at radius 3 is 2.83 bits per heavy atom. The third-order valence-electron chi connectivity index (χ3n) is 3.71. The van der Waals surface area contributed by atoms with Gasteiger partial charge >= 0.3 is 0 Å². The number of nitrogens with zero attached hydrogens (tertiary/aromatic N) is 2. The number of fused-ring (bicyclic) bond motifs is 2. The van der Waals surface area contributed by atoms with E-state index in [-0.39, 0.29) is 17.5 Å². The number of aromatic nitrogens is 1. The third kappa shape index (κ3) is 1.33. The summed E-state index contributed by atoms with van der Waals surface area (Å²) in [5.41, 5.74) is 0.743. The number of pyridine rings is 1. The van der Waals surface area contributed by atoms with Crippen LogP contribution in [0.5, 0.6) is 0 Å². The second-order valence-electron chi connectivity index (χ2n) is 4.72. The van der Waals surface area contributed by atoms with Gasteiger partial charge in [0.25, 0.3) is 5.91 Å². The molecule has 3 rings (SSSR count). The van der Waals surface area contributed by atoms with Crippen molar-refractivity contribution in [1.82, 2.24) is 9.88 Å². The van der Waals surface area contributed by atoms with E-state index in [0.717, 1.165) is 0 Å². The molecule has 1 fully saturated rings. The van der Waals surface area contributed by atoms with Crippen LogP contribution in [0.25, 0.3) is 0 Å². The van der Waals surface area contributed by atoms with E-state index in [4.69, 9.17) is 0 Å². The molecule has 1 saturated heterocycles. The quantitative estimate of drug-likeness (QED) is 0.734. The largest absolute Gasteiger partial charge is 0.318 e. The number of carbonyl (C=O) groups excluding carboxylic acids is 3. The molecular formula is C13H12N2O3. The highest BCUT2D eigenvalue weighted by Gasteiger charge is 2.47. The van der Waals surface area contributed by atoms with Crippen molar-refractivity contribution in [2.75, 3.05) is 0 Å². The second-order valence-corrected chi connectivity index (χ2v) is 4.72. The number of amides is 1. The number of Topliss-reactive ketones (excluding diaryl/α,β-unsaturated/α-hetero) is 2. The Labute approximate surface area is 104 Å². The molecule has 0 N–H and O–H groups in total. The normalized spacial score (nSPS) is 25.9. The van der Waals surface area contributed by atoms with Crippen molar-refractivity contribution < 1.29 is 14.4 Å². The third-order valence-corrected chi connectivity index (χ3v) is 3.71. The molecule has 1 aromatic rings. The van der Waals surface area contributed by atoms with E-state index < -0.39 is 12.1 Å². The average molecular weight is 244 g/mol. The molecule has 5 heteroatoms. The number of hydrogen-bond donors (Lipinski definition) is 0. The van der Waals surface area contributed by atoms with Gasteiger partial charge in [-0.05, 0) is 25.8 Å². The van der Waals surface area contributed by atoms with Crippen LogP contribution in [0.4, 0.5) is 0 Å². The van der Waals surface area contributed by atoms with Crippen molar-refractivity contribution in [1.29, 1.82) is 0 Å². The minimum absolute atomic E-state index is 0.0639. The summed E-state index contributed by atoms with van der Waals surface area (Å²) < 4.78 is 0. The summed E-state index contributed by atoms with van der Waals surface area (Å²) >= 11 is 0. The molecule has 3 heterocycles. The lowest BCUT2D eigenvalue weighted by Crippen LogP contribution is -2.51. The molecule has 0 bridgehead atoms. The van der Waals surface area contributed by atoms with Crippen molar-refractivity contribution in [3.05, 3.63) is 29.6 Å². The van der Waals surface area contributed by atoms with Gasteiger partial charge in [0.05, 0.1) is 17.6 Å². The number of carbonyl (C=O) groups is 3. The van der Waals surface area contributed by atoms with E-state index >= 15 is 0 Å². The maximum atomic E-state index is 12.3. The van der Waals surface area contributed by atoms with E-state index in [1.54, 1.807) is 6.07 Å². The van der Waals surface area contributed by atoms with Gasteiger partial charge in [0.2, 0.25) is 0 Å². The van der Waals surface area contributed by atoms with Crippen LogP contribution in [0.2, 0.25) is 0 Å². The molecule has 2 unspecified atom stereocenters. The zero-order chi connectivity index (χ0) is 12.9. The minimum Gasteiger partial charge on any atom is -0.318 e. The fourth-order valence-electron chi connectivity index (χ4n) is 2.85. The summed E-state index contributed by atoms with van der Waals surface area (Å²) in [7, 11) is 0. The van der Waals surface area contributed by atoms with Gasteiger partial charge in [-0.3, -0.25) is 19.4 Å². The van der Waals surface area contributed by atoms with Gasteiger partial charge in [0.15, 0.2) is 11.6 Å². The van der Waals surface area contributed by atoms with Crippen molar-refractivity contribution in [2.24, 2.45) is 0 Å². The second kappa shape index (κ2) is 3.73. The number of ketones is 2. The van der Waals surface area contributed by atoms with Crippen LogP contribution in [-0.2, 0) is 4.79 Å². The first-order valence-corrected chi connectivity index (χ1v) is 5.92. The van der Waals surface area contributed by atoms with Crippen LogP contribution in [0, 0.1) is 0 Å². The fourth-order valence-corrected chi connectivity index (χ4v) is 2.85. The molecule has 92 valence electrons. The van der Waals surface area contributed by atoms with E-state index in [9.17, 15) is 14.4 Å².